The van der Waals surface area contributed by atoms with Gasteiger partial charge in [0.2, 0.25) is 0 Å². The Labute approximate surface area is 84.7 Å². The van der Waals surface area contributed by atoms with E-state index in [1.807, 2.05) is 0 Å². The molecule has 0 aromatic carbocycles. The Bertz CT molecular complexity index is 373. The van der Waals surface area contributed by atoms with Gasteiger partial charge in [0.05, 0.1) is 15.0 Å². The standard InChI is InChI=1S/C2H2N8O6/c11-8-1-2(5-16-8,3-6-9(12)13)4-7-10(14)15/h1,5H/b6-3+,7-4+. The molecular formula is C2H2N8O6. The van der Waals surface area contributed by atoms with E-state index in [1.54, 1.807) is 5.48 Å². The van der Waals surface area contributed by atoms with Gasteiger partial charge >= 0.3 is 12.0 Å². The zero-order valence-corrected chi connectivity index (χ0v) is 7.16. The van der Waals surface area contributed by atoms with E-state index in [2.05, 4.69) is 25.6 Å². The Kier molecular flexibility index (Phi) is 2.95. The van der Waals surface area contributed by atoms with Crippen LogP contribution in [0.3, 0.4) is 0 Å². The first-order chi connectivity index (χ1) is 7.43. The number of hydrogen-bond acceptors (Lipinski definition) is 9. The summed E-state index contributed by atoms with van der Waals surface area (Å²) in [5.41, 5.74) is 1.76. The molecule has 0 aromatic heterocycles. The molecule has 1 aliphatic rings. The molecule has 14 nitrogen and oxygen atoms in total. The van der Waals surface area contributed by atoms with Crippen LogP contribution in [0.1, 0.15) is 0 Å². The fraction of sp³-hybridized carbons (Fsp3) is 0.500. The van der Waals surface area contributed by atoms with Crippen molar-refractivity contribution in [3.05, 3.63) is 25.4 Å². The van der Waals surface area contributed by atoms with Crippen LogP contribution in [-0.4, -0.2) is 27.0 Å². The molecule has 0 spiro atoms. The van der Waals surface area contributed by atoms with Gasteiger partial charge < -0.3 is 25.2 Å². The van der Waals surface area contributed by atoms with Crippen molar-refractivity contribution < 1.29 is 19.9 Å². The first-order valence-electron chi connectivity index (χ1n) is 3.34. The van der Waals surface area contributed by atoms with Gasteiger partial charge in [0.15, 0.2) is 10.4 Å². The quantitative estimate of drug-likeness (QED) is 0.278. The monoisotopic (exact) mass is 234 g/mol. The van der Waals surface area contributed by atoms with Gasteiger partial charge in [-0.1, -0.05) is 5.48 Å². The van der Waals surface area contributed by atoms with Crippen LogP contribution in [0.5, 0.6) is 0 Å². The molecular weight excluding hydrogens is 232 g/mol. The van der Waals surface area contributed by atoms with E-state index in [4.69, 9.17) is 0 Å². The Hall–Kier alpha value is -2.77. The summed E-state index contributed by atoms with van der Waals surface area (Å²) in [7, 11) is 0. The van der Waals surface area contributed by atoms with Gasteiger partial charge in [-0.25, -0.2) is 0 Å². The highest BCUT2D eigenvalue weighted by molar-refractivity contribution is 5.64. The highest BCUT2D eigenvalue weighted by Crippen LogP contribution is 2.12. The van der Waals surface area contributed by atoms with E-state index in [9.17, 15) is 25.4 Å². The van der Waals surface area contributed by atoms with E-state index >= 15 is 0 Å². The summed E-state index contributed by atoms with van der Waals surface area (Å²) in [6.45, 7) is 0. The molecule has 86 valence electrons. The second-order valence-corrected chi connectivity index (χ2v) is 2.19. The lowest BCUT2D eigenvalue weighted by molar-refractivity contribution is -0.746. The fourth-order valence-corrected chi connectivity index (χ4v) is 0.634. The van der Waals surface area contributed by atoms with E-state index < -0.39 is 15.9 Å². The first-order valence-corrected chi connectivity index (χ1v) is 3.34. The predicted octanol–water partition coefficient (Wildman–Crippen LogP) is -1.04. The van der Waals surface area contributed by atoms with Gasteiger partial charge in [0.25, 0.3) is 0 Å². The van der Waals surface area contributed by atoms with Crippen molar-refractivity contribution in [1.29, 1.82) is 0 Å². The minimum Gasteiger partial charge on any atom is -0.337 e. The number of hydrogen-bond donors (Lipinski definition) is 1. The van der Waals surface area contributed by atoms with E-state index in [-0.39, 0.29) is 4.90 Å². The zero-order valence-electron chi connectivity index (χ0n) is 7.16. The van der Waals surface area contributed by atoms with Crippen LogP contribution < -0.4 is 5.48 Å². The third kappa shape index (κ3) is 2.87. The van der Waals surface area contributed by atoms with Gasteiger partial charge in [-0.05, 0) is 0 Å². The number of hydroxylamine groups is 1. The Balaban J connectivity index is 2.95. The molecule has 1 N–H and O–H groups in total. The first kappa shape index (κ1) is 11.3. The Morgan fingerprint density at radius 3 is 2.06 bits per heavy atom. The second-order valence-electron chi connectivity index (χ2n) is 2.19. The Morgan fingerprint density at radius 1 is 1.25 bits per heavy atom. The maximum Gasteiger partial charge on any atom is 0.526 e. The summed E-state index contributed by atoms with van der Waals surface area (Å²) < 4.78 is 0. The minimum absolute atomic E-state index is 0.210. The zero-order chi connectivity index (χ0) is 12.2. The normalized spacial score (nSPS) is 18.6. The third-order valence-electron chi connectivity index (χ3n) is 1.11. The molecule has 0 atom stereocenters. The summed E-state index contributed by atoms with van der Waals surface area (Å²) in [6.07, 6.45) is 0.507. The van der Waals surface area contributed by atoms with Crippen molar-refractivity contribution in [2.24, 2.45) is 20.7 Å². The van der Waals surface area contributed by atoms with Crippen LogP contribution in [0, 0.1) is 25.4 Å². The molecule has 1 heterocycles. The van der Waals surface area contributed by atoms with Gasteiger partial charge in [-0.15, -0.1) is 0 Å². The van der Waals surface area contributed by atoms with Crippen molar-refractivity contribution in [2.75, 3.05) is 0 Å². The molecule has 0 aliphatic carbocycles. The number of nitro groups is 2. The molecule has 1 aliphatic heterocycles. The number of nitrogens with one attached hydrogen (secondary N) is 1. The van der Waals surface area contributed by atoms with Crippen LogP contribution in [-0.2, 0) is 4.94 Å². The number of rotatable bonds is 4. The lowest BCUT2D eigenvalue weighted by atomic mass is 10.4. The number of nitrogens with zero attached hydrogens (tertiary/aromatic N) is 7. The summed E-state index contributed by atoms with van der Waals surface area (Å²) in [5.74, 6) is -2.22. The second kappa shape index (κ2) is 4.17. The van der Waals surface area contributed by atoms with Crippen LogP contribution in [0.25, 0.3) is 0 Å². The molecule has 0 amide bonds. The maximum atomic E-state index is 10.6. The molecule has 0 saturated carbocycles. The van der Waals surface area contributed by atoms with Crippen LogP contribution >= 0.6 is 0 Å². The van der Waals surface area contributed by atoms with Gasteiger partial charge in [-0.3, -0.25) is 5.21 Å². The van der Waals surface area contributed by atoms with Crippen molar-refractivity contribution in [1.82, 2.24) is 5.48 Å². The van der Waals surface area contributed by atoms with E-state index in [0.717, 1.165) is 0 Å². The van der Waals surface area contributed by atoms with Crippen LogP contribution in [0.4, 0.5) is 0 Å². The topological polar surface area (TPSA) is 183 Å². The largest absolute Gasteiger partial charge is 0.526 e. The van der Waals surface area contributed by atoms with Gasteiger partial charge in [0, 0.05) is 0 Å². The summed E-state index contributed by atoms with van der Waals surface area (Å²) in [5, 5.41) is 38.6. The van der Waals surface area contributed by atoms with Gasteiger partial charge in [0.1, 0.15) is 10.2 Å². The molecule has 0 unspecified atom stereocenters. The van der Waals surface area contributed by atoms with Gasteiger partial charge in [-0.2, -0.15) is 0 Å². The smallest absolute Gasteiger partial charge is 0.337 e. The van der Waals surface area contributed by atoms with Crippen LogP contribution in [0.15, 0.2) is 20.7 Å². The highest BCUT2D eigenvalue weighted by Gasteiger charge is 2.53. The molecule has 14 heteroatoms. The van der Waals surface area contributed by atoms with Crippen molar-refractivity contribution >= 4 is 6.21 Å². The SMILES string of the molecule is O=[N+]([O-])/N=N/C1(/N=N/[N+](=O)[O-])C=[N+]([O-])ON1. The van der Waals surface area contributed by atoms with Crippen LogP contribution in [0.2, 0.25) is 0 Å². The van der Waals surface area contributed by atoms with Crippen molar-refractivity contribution in [3.8, 4) is 0 Å². The summed E-state index contributed by atoms with van der Waals surface area (Å²) in [4.78, 5) is 23.6. The third-order valence-corrected chi connectivity index (χ3v) is 1.11. The molecule has 1 rings (SSSR count). The molecule has 0 radical (unpaired) electrons. The predicted molar refractivity (Wildman–Crippen MR) is 40.3 cm³/mol. The van der Waals surface area contributed by atoms with E-state index in [1.165, 1.54) is 0 Å². The minimum atomic E-state index is -2.22. The average Bonchev–Trinajstić information content (AvgIpc) is 2.55. The molecule has 16 heavy (non-hydrogen) atoms. The summed E-state index contributed by atoms with van der Waals surface area (Å²) >= 11 is 0. The fourth-order valence-electron chi connectivity index (χ4n) is 0.634. The van der Waals surface area contributed by atoms with Crippen molar-refractivity contribution in [3.63, 3.8) is 0 Å². The lowest BCUT2D eigenvalue weighted by Crippen LogP contribution is -2.37. The van der Waals surface area contributed by atoms with E-state index in [0.29, 0.717) is 6.21 Å². The molecule has 0 fully saturated rings. The van der Waals surface area contributed by atoms with Crippen molar-refractivity contribution in [2.45, 2.75) is 5.79 Å². The highest BCUT2D eigenvalue weighted by atomic mass is 16.9. The molecule has 0 aromatic rings. The maximum absolute atomic E-state index is 10.6. The lowest BCUT2D eigenvalue weighted by Gasteiger charge is -1.97. The molecule has 0 saturated heterocycles. The summed E-state index contributed by atoms with van der Waals surface area (Å²) in [6, 6.07) is 0. The molecule has 0 bridgehead atoms. The average molecular weight is 234 g/mol. The Morgan fingerprint density at radius 2 is 1.75 bits per heavy atom.